The molecule has 7 heteroatoms. The summed E-state index contributed by atoms with van der Waals surface area (Å²) >= 11 is 0. The van der Waals surface area contributed by atoms with E-state index in [9.17, 15) is 18.7 Å². The molecule has 0 spiro atoms. The second kappa shape index (κ2) is 8.39. The lowest BCUT2D eigenvalue weighted by atomic mass is 9.96. The molecule has 1 saturated heterocycles. The molecule has 1 amide bonds. The van der Waals surface area contributed by atoms with E-state index in [1.54, 1.807) is 11.0 Å². The lowest BCUT2D eigenvalue weighted by molar-refractivity contribution is -0.0499. The summed E-state index contributed by atoms with van der Waals surface area (Å²) in [5, 5.41) is 9.58. The largest absolute Gasteiger partial charge is 0.435 e. The Hall–Kier alpha value is -1.73. The lowest BCUT2D eigenvalue weighted by Gasteiger charge is -2.22. The summed E-state index contributed by atoms with van der Waals surface area (Å²) in [5.74, 6) is -0.0290. The van der Waals surface area contributed by atoms with Gasteiger partial charge in [0.05, 0.1) is 0 Å². The van der Waals surface area contributed by atoms with Gasteiger partial charge in [-0.2, -0.15) is 8.78 Å². The van der Waals surface area contributed by atoms with Crippen LogP contribution in [-0.4, -0.2) is 67.3 Å². The van der Waals surface area contributed by atoms with Crippen molar-refractivity contribution in [2.24, 2.45) is 11.8 Å². The first-order valence-electron chi connectivity index (χ1n) is 8.08. The third kappa shape index (κ3) is 4.64. The summed E-state index contributed by atoms with van der Waals surface area (Å²) in [4.78, 5) is 16.5. The Balaban J connectivity index is 2.07. The Bertz CT molecular complexity index is 556. The van der Waals surface area contributed by atoms with Crippen LogP contribution >= 0.6 is 0 Å². The monoisotopic (exact) mass is 342 g/mol. The molecule has 2 unspecified atom stereocenters. The highest BCUT2D eigenvalue weighted by Crippen LogP contribution is 2.26. The minimum Gasteiger partial charge on any atom is -0.435 e. The number of ether oxygens (including phenoxy) is 1. The number of alkyl halides is 2. The van der Waals surface area contributed by atoms with Crippen molar-refractivity contribution in [3.8, 4) is 5.75 Å². The molecule has 1 aliphatic rings. The zero-order chi connectivity index (χ0) is 17.7. The van der Waals surface area contributed by atoms with E-state index in [-0.39, 0.29) is 30.1 Å². The average molecular weight is 342 g/mol. The Kier molecular flexibility index (Phi) is 6.51. The van der Waals surface area contributed by atoms with Gasteiger partial charge >= 0.3 is 6.61 Å². The number of nitrogens with zero attached hydrogens (tertiary/aromatic N) is 2. The van der Waals surface area contributed by atoms with Gasteiger partial charge < -0.3 is 19.6 Å². The maximum atomic E-state index is 12.6. The minimum atomic E-state index is -2.92. The molecule has 1 N–H and O–H groups in total. The van der Waals surface area contributed by atoms with Crippen molar-refractivity contribution < 1.29 is 23.4 Å². The van der Waals surface area contributed by atoms with Crippen LogP contribution in [0.2, 0.25) is 0 Å². The molecule has 0 bridgehead atoms. The van der Waals surface area contributed by atoms with Crippen LogP contribution in [0.15, 0.2) is 24.3 Å². The number of carbonyl (C=O) groups excluding carboxylic acids is 1. The number of halogens is 2. The SMILES string of the molecule is CCN(C)CC1CN(C(=O)c2cccc(OC(F)F)c2)CC1CO. The Morgan fingerprint density at radius 2 is 2.12 bits per heavy atom. The van der Waals surface area contributed by atoms with Crippen LogP contribution < -0.4 is 4.74 Å². The van der Waals surface area contributed by atoms with Gasteiger partial charge in [-0.05, 0) is 37.7 Å². The fraction of sp³-hybridized carbons (Fsp3) is 0.588. The first kappa shape index (κ1) is 18.6. The van der Waals surface area contributed by atoms with Crippen LogP contribution in [0.5, 0.6) is 5.75 Å². The summed E-state index contributed by atoms with van der Waals surface area (Å²) in [6, 6.07) is 5.82. The number of aliphatic hydroxyl groups excluding tert-OH is 1. The molecule has 1 fully saturated rings. The van der Waals surface area contributed by atoms with Gasteiger partial charge in [0.25, 0.3) is 5.91 Å². The summed E-state index contributed by atoms with van der Waals surface area (Å²) in [7, 11) is 2.00. The molecule has 0 saturated carbocycles. The van der Waals surface area contributed by atoms with Crippen molar-refractivity contribution >= 4 is 5.91 Å². The lowest BCUT2D eigenvalue weighted by Crippen LogP contribution is -2.32. The van der Waals surface area contributed by atoms with Crippen molar-refractivity contribution in [2.75, 3.05) is 39.8 Å². The molecule has 1 heterocycles. The summed E-state index contributed by atoms with van der Waals surface area (Å²) in [6.07, 6.45) is 0. The van der Waals surface area contributed by atoms with Crippen LogP contribution in [-0.2, 0) is 0 Å². The van der Waals surface area contributed by atoms with Gasteiger partial charge in [-0.3, -0.25) is 4.79 Å². The van der Waals surface area contributed by atoms with Crippen molar-refractivity contribution in [1.29, 1.82) is 0 Å². The van der Waals surface area contributed by atoms with Crippen LogP contribution in [0, 0.1) is 11.8 Å². The molecule has 24 heavy (non-hydrogen) atoms. The van der Waals surface area contributed by atoms with Crippen molar-refractivity contribution in [3.63, 3.8) is 0 Å². The molecule has 0 aromatic heterocycles. The Morgan fingerprint density at radius 1 is 1.42 bits per heavy atom. The highest BCUT2D eigenvalue weighted by Gasteiger charge is 2.35. The maximum absolute atomic E-state index is 12.6. The zero-order valence-electron chi connectivity index (χ0n) is 14.0. The predicted octanol–water partition coefficient (Wildman–Crippen LogP) is 1.92. The number of carbonyl (C=O) groups is 1. The first-order valence-corrected chi connectivity index (χ1v) is 8.08. The van der Waals surface area contributed by atoms with E-state index in [0.717, 1.165) is 13.1 Å². The number of rotatable bonds is 7. The van der Waals surface area contributed by atoms with Crippen LogP contribution in [0.3, 0.4) is 0 Å². The first-order chi connectivity index (χ1) is 11.4. The van der Waals surface area contributed by atoms with Crippen LogP contribution in [0.4, 0.5) is 8.78 Å². The van der Waals surface area contributed by atoms with Gasteiger partial charge in [0.1, 0.15) is 5.75 Å². The molecule has 134 valence electrons. The molecular weight excluding hydrogens is 318 g/mol. The number of benzene rings is 1. The van der Waals surface area contributed by atoms with E-state index >= 15 is 0 Å². The second-order valence-corrected chi connectivity index (χ2v) is 6.17. The fourth-order valence-corrected chi connectivity index (χ4v) is 3.04. The van der Waals surface area contributed by atoms with Gasteiger partial charge in [-0.25, -0.2) is 0 Å². The van der Waals surface area contributed by atoms with Gasteiger partial charge in [0.15, 0.2) is 0 Å². The highest BCUT2D eigenvalue weighted by atomic mass is 19.3. The highest BCUT2D eigenvalue weighted by molar-refractivity contribution is 5.94. The molecule has 5 nitrogen and oxygen atoms in total. The molecule has 0 radical (unpaired) electrons. The van der Waals surface area contributed by atoms with Crippen molar-refractivity contribution in [3.05, 3.63) is 29.8 Å². The molecule has 2 atom stereocenters. The van der Waals surface area contributed by atoms with Gasteiger partial charge in [-0.15, -0.1) is 0 Å². The third-order valence-electron chi connectivity index (χ3n) is 4.49. The Morgan fingerprint density at radius 3 is 2.75 bits per heavy atom. The van der Waals surface area contributed by atoms with Gasteiger partial charge in [0.2, 0.25) is 0 Å². The second-order valence-electron chi connectivity index (χ2n) is 6.17. The number of likely N-dealkylation sites (tertiary alicyclic amines) is 1. The number of aliphatic hydroxyl groups is 1. The number of hydrogen-bond donors (Lipinski definition) is 1. The van der Waals surface area contributed by atoms with Crippen molar-refractivity contribution in [2.45, 2.75) is 13.5 Å². The van der Waals surface area contributed by atoms with Crippen molar-refractivity contribution in [1.82, 2.24) is 9.80 Å². The molecule has 1 aliphatic heterocycles. The smallest absolute Gasteiger partial charge is 0.387 e. The molecule has 2 rings (SSSR count). The van der Waals surface area contributed by atoms with E-state index in [4.69, 9.17) is 0 Å². The standard InChI is InChI=1S/C17H24F2N2O3/c1-3-20(2)8-13-9-21(10-14(13)11-22)16(23)12-5-4-6-15(7-12)24-17(18)19/h4-7,13-14,17,22H,3,8-11H2,1-2H3. The molecule has 1 aromatic rings. The third-order valence-corrected chi connectivity index (χ3v) is 4.49. The van der Waals surface area contributed by atoms with E-state index in [0.29, 0.717) is 18.7 Å². The van der Waals surface area contributed by atoms with Crippen LogP contribution in [0.25, 0.3) is 0 Å². The van der Waals surface area contributed by atoms with E-state index in [1.807, 2.05) is 7.05 Å². The summed E-state index contributed by atoms with van der Waals surface area (Å²) in [5.41, 5.74) is 0.314. The summed E-state index contributed by atoms with van der Waals surface area (Å²) in [6.45, 7) is 1.89. The molecule has 1 aromatic carbocycles. The predicted molar refractivity (Wildman–Crippen MR) is 86.2 cm³/mol. The van der Waals surface area contributed by atoms with E-state index < -0.39 is 6.61 Å². The van der Waals surface area contributed by atoms with Gasteiger partial charge in [0, 0.05) is 37.7 Å². The van der Waals surface area contributed by atoms with E-state index in [1.165, 1.54) is 18.2 Å². The number of amides is 1. The van der Waals surface area contributed by atoms with Gasteiger partial charge in [-0.1, -0.05) is 13.0 Å². The average Bonchev–Trinajstić information content (AvgIpc) is 2.96. The zero-order valence-corrected chi connectivity index (χ0v) is 14.0. The Labute approximate surface area is 140 Å². The normalized spacial score (nSPS) is 20.9. The molecule has 0 aliphatic carbocycles. The van der Waals surface area contributed by atoms with Crippen LogP contribution in [0.1, 0.15) is 17.3 Å². The maximum Gasteiger partial charge on any atom is 0.387 e. The fourth-order valence-electron chi connectivity index (χ4n) is 3.04. The summed E-state index contributed by atoms with van der Waals surface area (Å²) < 4.78 is 29.0. The topological polar surface area (TPSA) is 53.0 Å². The molecular formula is C17H24F2N2O3. The van der Waals surface area contributed by atoms with E-state index in [2.05, 4.69) is 16.6 Å². The number of hydrogen-bond acceptors (Lipinski definition) is 4. The minimum absolute atomic E-state index is 0.0283. The quantitative estimate of drug-likeness (QED) is 0.823.